The van der Waals surface area contributed by atoms with Crippen LogP contribution in [0.3, 0.4) is 0 Å². The molecule has 5 heteroatoms. The standard InChI is InChI=1S/C10H16N2O2S/c1-7-6-15-9(12-7)4-5-11-10(13)8(2)14-3/h6,8H,4-5H2,1-3H3,(H,11,13). The average Bonchev–Trinajstić information content (AvgIpc) is 2.63. The highest BCUT2D eigenvalue weighted by molar-refractivity contribution is 7.09. The lowest BCUT2D eigenvalue weighted by molar-refractivity contribution is -0.129. The van der Waals surface area contributed by atoms with E-state index in [2.05, 4.69) is 10.3 Å². The van der Waals surface area contributed by atoms with Crippen LogP contribution in [0.4, 0.5) is 0 Å². The Morgan fingerprint density at radius 1 is 1.73 bits per heavy atom. The molecule has 1 unspecified atom stereocenters. The SMILES string of the molecule is COC(C)C(=O)NCCc1nc(C)cs1. The van der Waals surface area contributed by atoms with E-state index in [9.17, 15) is 4.79 Å². The number of amides is 1. The molecule has 1 N–H and O–H groups in total. The lowest BCUT2D eigenvalue weighted by atomic mass is 10.3. The molecule has 0 aliphatic carbocycles. The second-order valence-electron chi connectivity index (χ2n) is 3.30. The number of nitrogens with one attached hydrogen (secondary N) is 1. The Morgan fingerprint density at radius 3 is 3.00 bits per heavy atom. The van der Waals surface area contributed by atoms with Crippen molar-refractivity contribution in [2.45, 2.75) is 26.4 Å². The first kappa shape index (κ1) is 12.1. The van der Waals surface area contributed by atoms with Crippen LogP contribution in [-0.2, 0) is 16.0 Å². The molecule has 0 spiro atoms. The third-order valence-electron chi connectivity index (χ3n) is 2.03. The first-order valence-corrected chi connectivity index (χ1v) is 5.73. The number of rotatable bonds is 5. The van der Waals surface area contributed by atoms with E-state index in [1.807, 2.05) is 12.3 Å². The molecule has 0 aliphatic heterocycles. The zero-order chi connectivity index (χ0) is 11.3. The quantitative estimate of drug-likeness (QED) is 0.822. The molecule has 0 bridgehead atoms. The maximum atomic E-state index is 11.3. The van der Waals surface area contributed by atoms with Crippen molar-refractivity contribution >= 4 is 17.2 Å². The summed E-state index contributed by atoms with van der Waals surface area (Å²) >= 11 is 1.62. The van der Waals surface area contributed by atoms with Crippen LogP contribution in [-0.4, -0.2) is 30.6 Å². The molecule has 0 saturated heterocycles. The highest BCUT2D eigenvalue weighted by Gasteiger charge is 2.10. The van der Waals surface area contributed by atoms with Gasteiger partial charge in [0.1, 0.15) is 6.10 Å². The summed E-state index contributed by atoms with van der Waals surface area (Å²) in [5.74, 6) is -0.0780. The Bertz CT molecular complexity index is 325. The summed E-state index contributed by atoms with van der Waals surface area (Å²) in [6.45, 7) is 4.30. The minimum Gasteiger partial charge on any atom is -0.372 e. The molecule has 84 valence electrons. The molecule has 0 aromatic carbocycles. The van der Waals surface area contributed by atoms with E-state index in [-0.39, 0.29) is 12.0 Å². The fourth-order valence-electron chi connectivity index (χ4n) is 1.06. The highest BCUT2D eigenvalue weighted by Crippen LogP contribution is 2.08. The van der Waals surface area contributed by atoms with E-state index in [4.69, 9.17) is 4.74 Å². The first-order valence-electron chi connectivity index (χ1n) is 4.85. The highest BCUT2D eigenvalue weighted by atomic mass is 32.1. The zero-order valence-electron chi connectivity index (χ0n) is 9.24. The molecule has 0 aliphatic rings. The lowest BCUT2D eigenvalue weighted by Crippen LogP contribution is -2.35. The van der Waals surface area contributed by atoms with E-state index in [1.54, 1.807) is 18.3 Å². The fraction of sp³-hybridized carbons (Fsp3) is 0.600. The molecule has 0 fully saturated rings. The van der Waals surface area contributed by atoms with Crippen molar-refractivity contribution in [2.24, 2.45) is 0 Å². The van der Waals surface area contributed by atoms with Crippen molar-refractivity contribution in [3.8, 4) is 0 Å². The summed E-state index contributed by atoms with van der Waals surface area (Å²) in [7, 11) is 1.52. The van der Waals surface area contributed by atoms with Gasteiger partial charge >= 0.3 is 0 Å². The van der Waals surface area contributed by atoms with Crippen LogP contribution in [0.25, 0.3) is 0 Å². The molecule has 1 heterocycles. The molecule has 1 aromatic rings. The maximum Gasteiger partial charge on any atom is 0.248 e. The minimum atomic E-state index is -0.386. The fourth-order valence-corrected chi connectivity index (χ4v) is 1.84. The lowest BCUT2D eigenvalue weighted by Gasteiger charge is -2.09. The van der Waals surface area contributed by atoms with Crippen molar-refractivity contribution in [1.82, 2.24) is 10.3 Å². The first-order chi connectivity index (χ1) is 7.13. The van der Waals surface area contributed by atoms with Crippen molar-refractivity contribution < 1.29 is 9.53 Å². The summed E-state index contributed by atoms with van der Waals surface area (Å²) in [6, 6.07) is 0. The van der Waals surface area contributed by atoms with Gasteiger partial charge < -0.3 is 10.1 Å². The largest absolute Gasteiger partial charge is 0.372 e. The summed E-state index contributed by atoms with van der Waals surface area (Å²) in [6.07, 6.45) is 0.392. The number of hydrogen-bond acceptors (Lipinski definition) is 4. The Morgan fingerprint density at radius 2 is 2.47 bits per heavy atom. The number of hydrogen-bond donors (Lipinski definition) is 1. The Labute approximate surface area is 93.7 Å². The molecule has 15 heavy (non-hydrogen) atoms. The van der Waals surface area contributed by atoms with Gasteiger partial charge in [-0.1, -0.05) is 0 Å². The number of aromatic nitrogens is 1. The number of methoxy groups -OCH3 is 1. The van der Waals surface area contributed by atoms with E-state index >= 15 is 0 Å². The molecule has 0 saturated carbocycles. The van der Waals surface area contributed by atoms with Crippen LogP contribution >= 0.6 is 11.3 Å². The second kappa shape index (κ2) is 5.82. The summed E-state index contributed by atoms with van der Waals surface area (Å²) in [5, 5.41) is 5.86. The Kier molecular flexibility index (Phi) is 4.71. The van der Waals surface area contributed by atoms with Crippen LogP contribution in [0, 0.1) is 6.92 Å². The maximum absolute atomic E-state index is 11.3. The van der Waals surface area contributed by atoms with Gasteiger partial charge in [-0.3, -0.25) is 4.79 Å². The molecular weight excluding hydrogens is 212 g/mol. The van der Waals surface area contributed by atoms with Crippen LogP contribution < -0.4 is 5.32 Å². The third-order valence-corrected chi connectivity index (χ3v) is 3.05. The second-order valence-corrected chi connectivity index (χ2v) is 4.24. The van der Waals surface area contributed by atoms with E-state index in [0.29, 0.717) is 6.54 Å². The van der Waals surface area contributed by atoms with Crippen LogP contribution in [0.5, 0.6) is 0 Å². The molecule has 0 radical (unpaired) electrons. The van der Waals surface area contributed by atoms with Crippen LogP contribution in [0.2, 0.25) is 0 Å². The van der Waals surface area contributed by atoms with Gasteiger partial charge in [-0.2, -0.15) is 0 Å². The normalized spacial score (nSPS) is 12.5. The van der Waals surface area contributed by atoms with E-state index in [1.165, 1.54) is 7.11 Å². The summed E-state index contributed by atoms with van der Waals surface area (Å²) in [5.41, 5.74) is 1.03. The van der Waals surface area contributed by atoms with Gasteiger partial charge in [0.05, 0.1) is 5.01 Å². The predicted molar refractivity (Wildman–Crippen MR) is 60.0 cm³/mol. The Hall–Kier alpha value is -0.940. The summed E-state index contributed by atoms with van der Waals surface area (Å²) < 4.78 is 4.89. The van der Waals surface area contributed by atoms with Crippen molar-refractivity contribution in [3.05, 3.63) is 16.1 Å². The molecule has 4 nitrogen and oxygen atoms in total. The molecule has 1 atom stereocenters. The Balaban J connectivity index is 2.24. The van der Waals surface area contributed by atoms with Crippen molar-refractivity contribution in [3.63, 3.8) is 0 Å². The monoisotopic (exact) mass is 228 g/mol. The van der Waals surface area contributed by atoms with E-state index in [0.717, 1.165) is 17.1 Å². The van der Waals surface area contributed by atoms with Gasteiger partial charge in [0.25, 0.3) is 0 Å². The van der Waals surface area contributed by atoms with Gasteiger partial charge in [-0.05, 0) is 13.8 Å². The van der Waals surface area contributed by atoms with E-state index < -0.39 is 0 Å². The van der Waals surface area contributed by atoms with Crippen LogP contribution in [0.15, 0.2) is 5.38 Å². The van der Waals surface area contributed by atoms with Gasteiger partial charge in [0.15, 0.2) is 0 Å². The van der Waals surface area contributed by atoms with Gasteiger partial charge in [0, 0.05) is 31.1 Å². The minimum absolute atomic E-state index is 0.0780. The smallest absolute Gasteiger partial charge is 0.248 e. The molecule has 1 rings (SSSR count). The molecular formula is C10H16N2O2S. The number of ether oxygens (including phenoxy) is 1. The van der Waals surface area contributed by atoms with Gasteiger partial charge in [-0.15, -0.1) is 11.3 Å². The summed E-state index contributed by atoms with van der Waals surface area (Å²) in [4.78, 5) is 15.6. The molecule has 1 amide bonds. The number of thiazole rings is 1. The molecule has 1 aromatic heterocycles. The number of carbonyl (C=O) groups is 1. The third kappa shape index (κ3) is 3.97. The van der Waals surface area contributed by atoms with Crippen molar-refractivity contribution in [2.75, 3.05) is 13.7 Å². The van der Waals surface area contributed by atoms with Crippen molar-refractivity contribution in [1.29, 1.82) is 0 Å². The zero-order valence-corrected chi connectivity index (χ0v) is 10.1. The van der Waals surface area contributed by atoms with Gasteiger partial charge in [0.2, 0.25) is 5.91 Å². The van der Waals surface area contributed by atoms with Crippen LogP contribution in [0.1, 0.15) is 17.6 Å². The predicted octanol–water partition coefficient (Wildman–Crippen LogP) is 1.15. The number of aryl methyl sites for hydroxylation is 1. The average molecular weight is 228 g/mol. The van der Waals surface area contributed by atoms with Gasteiger partial charge in [-0.25, -0.2) is 4.98 Å². The topological polar surface area (TPSA) is 51.2 Å². The number of carbonyl (C=O) groups excluding carboxylic acids is 1. The number of nitrogens with zero attached hydrogens (tertiary/aromatic N) is 1.